The van der Waals surface area contributed by atoms with Gasteiger partial charge in [-0.25, -0.2) is 0 Å². The Bertz CT molecular complexity index is 1330. The van der Waals surface area contributed by atoms with Crippen LogP contribution in [0.1, 0.15) is 84.6 Å². The Labute approximate surface area is 222 Å². The van der Waals surface area contributed by atoms with E-state index in [1.54, 1.807) is 0 Å². The van der Waals surface area contributed by atoms with Gasteiger partial charge in [-0.2, -0.15) is 5.26 Å². The van der Waals surface area contributed by atoms with Gasteiger partial charge in [0, 0.05) is 35.3 Å². The number of benzene rings is 2. The fourth-order valence-corrected chi connectivity index (χ4v) is 7.61. The second-order valence-electron chi connectivity index (χ2n) is 12.3. The van der Waals surface area contributed by atoms with Crippen molar-refractivity contribution in [2.75, 3.05) is 38.1 Å². The minimum Gasteiger partial charge on any atom is -0.371 e. The highest BCUT2D eigenvalue weighted by atomic mass is 16.1. The van der Waals surface area contributed by atoms with Gasteiger partial charge in [0.25, 0.3) is 0 Å². The van der Waals surface area contributed by atoms with Crippen LogP contribution in [-0.2, 0) is 18.3 Å². The van der Waals surface area contributed by atoms with Crippen molar-refractivity contribution in [3.8, 4) is 6.07 Å². The van der Waals surface area contributed by atoms with E-state index in [9.17, 15) is 10.1 Å². The number of hydrogen-bond donors (Lipinski definition) is 0. The molecule has 2 aliphatic heterocycles. The van der Waals surface area contributed by atoms with Crippen molar-refractivity contribution in [3.05, 3.63) is 69.3 Å². The molecule has 0 aromatic heterocycles. The van der Waals surface area contributed by atoms with Crippen LogP contribution in [0.4, 0.5) is 5.69 Å². The van der Waals surface area contributed by atoms with Gasteiger partial charge in [-0.15, -0.1) is 0 Å². The molecule has 0 radical (unpaired) electrons. The van der Waals surface area contributed by atoms with Crippen molar-refractivity contribution < 1.29 is 4.79 Å². The van der Waals surface area contributed by atoms with E-state index in [4.69, 9.17) is 0 Å². The van der Waals surface area contributed by atoms with Crippen LogP contribution in [0.25, 0.3) is 5.57 Å². The Balaban J connectivity index is 1.30. The molecule has 2 aromatic carbocycles. The van der Waals surface area contributed by atoms with E-state index in [-0.39, 0.29) is 11.2 Å². The fraction of sp³-hybridized carbons (Fsp3) is 0.515. The molecule has 4 heteroatoms. The minimum atomic E-state index is -0.224. The lowest BCUT2D eigenvalue weighted by Gasteiger charge is -2.41. The number of carbonyl (C=O) groups excluding carboxylic acids is 1. The number of piperidine rings is 2. The number of aryl methyl sites for hydroxylation is 1. The summed E-state index contributed by atoms with van der Waals surface area (Å²) in [5.41, 5.74) is 9.37. The summed E-state index contributed by atoms with van der Waals surface area (Å²) < 4.78 is 0. The monoisotopic (exact) mass is 493 g/mol. The molecule has 0 N–H and O–H groups in total. The molecule has 2 fully saturated rings. The van der Waals surface area contributed by atoms with E-state index in [0.29, 0.717) is 5.56 Å². The van der Waals surface area contributed by atoms with Crippen LogP contribution in [0.15, 0.2) is 35.9 Å². The highest BCUT2D eigenvalue weighted by Gasteiger charge is 2.43. The third kappa shape index (κ3) is 3.94. The Morgan fingerprint density at radius 2 is 1.65 bits per heavy atom. The van der Waals surface area contributed by atoms with E-state index in [2.05, 4.69) is 55.8 Å². The number of nitrogens with zero attached hydrogens (tertiary/aromatic N) is 3. The quantitative estimate of drug-likeness (QED) is 0.514. The maximum absolute atomic E-state index is 14.0. The molecule has 0 amide bonds. The zero-order valence-electron chi connectivity index (χ0n) is 22.9. The Morgan fingerprint density at radius 1 is 0.973 bits per heavy atom. The zero-order chi connectivity index (χ0) is 25.9. The molecule has 0 spiro atoms. The molecular formula is C33H39N3O. The van der Waals surface area contributed by atoms with Crippen molar-refractivity contribution in [1.82, 2.24) is 4.90 Å². The molecule has 2 saturated heterocycles. The SMILES string of the molecule is CCc1cc2c(cc1N1CCC(C3CCN(C)CC3)CC1)C(C)(C)C1=C(C2=O)c2ccc(C#N)cc2C1. The maximum Gasteiger partial charge on any atom is 0.193 e. The third-order valence-electron chi connectivity index (χ3n) is 9.98. The number of likely N-dealkylation sites (tertiary alicyclic amines) is 1. The van der Waals surface area contributed by atoms with Gasteiger partial charge >= 0.3 is 0 Å². The lowest BCUT2D eigenvalue weighted by atomic mass is 9.68. The molecule has 192 valence electrons. The van der Waals surface area contributed by atoms with Crippen LogP contribution < -0.4 is 4.90 Å². The van der Waals surface area contributed by atoms with Crippen molar-refractivity contribution >= 4 is 17.0 Å². The Hall–Kier alpha value is -2.90. The molecule has 2 heterocycles. The molecule has 6 rings (SSSR count). The van der Waals surface area contributed by atoms with Crippen LogP contribution >= 0.6 is 0 Å². The van der Waals surface area contributed by atoms with E-state index < -0.39 is 0 Å². The summed E-state index contributed by atoms with van der Waals surface area (Å²) in [6.45, 7) is 11.5. The van der Waals surface area contributed by atoms with Crippen LogP contribution in [-0.4, -0.2) is 43.9 Å². The van der Waals surface area contributed by atoms with Gasteiger partial charge in [0.2, 0.25) is 0 Å². The summed E-state index contributed by atoms with van der Waals surface area (Å²) in [5.74, 6) is 1.91. The van der Waals surface area contributed by atoms with E-state index in [0.717, 1.165) is 60.0 Å². The highest BCUT2D eigenvalue weighted by molar-refractivity contribution is 6.33. The van der Waals surface area contributed by atoms with Crippen LogP contribution in [0.5, 0.6) is 0 Å². The van der Waals surface area contributed by atoms with E-state index >= 15 is 0 Å². The summed E-state index contributed by atoms with van der Waals surface area (Å²) >= 11 is 0. The van der Waals surface area contributed by atoms with Gasteiger partial charge in [0.15, 0.2) is 5.78 Å². The molecule has 37 heavy (non-hydrogen) atoms. The lowest BCUT2D eigenvalue weighted by molar-refractivity contribution is 0.105. The number of rotatable bonds is 3. The molecule has 2 aliphatic carbocycles. The van der Waals surface area contributed by atoms with E-state index in [1.807, 2.05) is 18.2 Å². The maximum atomic E-state index is 14.0. The molecule has 0 saturated carbocycles. The minimum absolute atomic E-state index is 0.162. The largest absolute Gasteiger partial charge is 0.371 e. The van der Waals surface area contributed by atoms with Crippen LogP contribution in [0.2, 0.25) is 0 Å². The topological polar surface area (TPSA) is 47.3 Å². The number of nitriles is 1. The molecule has 2 aromatic rings. The fourth-order valence-electron chi connectivity index (χ4n) is 7.61. The highest BCUT2D eigenvalue weighted by Crippen LogP contribution is 2.51. The Morgan fingerprint density at radius 3 is 2.30 bits per heavy atom. The zero-order valence-corrected chi connectivity index (χ0v) is 22.9. The smallest absolute Gasteiger partial charge is 0.193 e. The average molecular weight is 494 g/mol. The third-order valence-corrected chi connectivity index (χ3v) is 9.98. The van der Waals surface area contributed by atoms with Gasteiger partial charge in [-0.3, -0.25) is 4.79 Å². The van der Waals surface area contributed by atoms with Crippen molar-refractivity contribution in [3.63, 3.8) is 0 Å². The number of hydrogen-bond acceptors (Lipinski definition) is 4. The Kier molecular flexibility index (Phi) is 6.03. The van der Waals surface area contributed by atoms with Gasteiger partial charge in [-0.1, -0.05) is 26.8 Å². The summed E-state index contributed by atoms with van der Waals surface area (Å²) in [4.78, 5) is 19.0. The number of ketones is 1. The standard InChI is InChI=1S/C33H39N3O/c1-5-22-17-27-28(19-30(22)36-14-10-24(11-15-36)23-8-12-35(4)13-9-23)33(2,3)29-18-25-16-21(20-34)6-7-26(25)31(29)32(27)37/h6-7,16-17,19,23-24H,5,8-15,18H2,1-4H3. The molecule has 0 bridgehead atoms. The molecular weight excluding hydrogens is 454 g/mol. The predicted octanol–water partition coefficient (Wildman–Crippen LogP) is 6.16. The number of anilines is 1. The van der Waals surface area contributed by atoms with Gasteiger partial charge in [0.1, 0.15) is 0 Å². The summed E-state index contributed by atoms with van der Waals surface area (Å²) in [5, 5.41) is 9.40. The first-order valence-electron chi connectivity index (χ1n) is 14.2. The molecule has 0 unspecified atom stereocenters. The van der Waals surface area contributed by atoms with Crippen molar-refractivity contribution in [2.45, 2.75) is 64.7 Å². The molecule has 4 nitrogen and oxygen atoms in total. The van der Waals surface area contributed by atoms with Crippen molar-refractivity contribution in [2.24, 2.45) is 11.8 Å². The van der Waals surface area contributed by atoms with Gasteiger partial charge in [0.05, 0.1) is 11.6 Å². The van der Waals surface area contributed by atoms with E-state index in [1.165, 1.54) is 61.2 Å². The summed E-state index contributed by atoms with van der Waals surface area (Å²) in [6.07, 6.45) is 6.95. The normalized spacial score (nSPS) is 22.0. The van der Waals surface area contributed by atoms with Crippen LogP contribution in [0.3, 0.4) is 0 Å². The van der Waals surface area contributed by atoms with Crippen LogP contribution in [0, 0.1) is 23.2 Å². The number of allylic oxidation sites excluding steroid dienone is 2. The van der Waals surface area contributed by atoms with Gasteiger partial charge in [-0.05, 0) is 123 Å². The number of Topliss-reactive ketones (excluding diaryl/α,β-unsaturated/α-hetero) is 1. The van der Waals surface area contributed by atoms with Gasteiger partial charge < -0.3 is 9.80 Å². The molecule has 4 aliphatic rings. The predicted molar refractivity (Wildman–Crippen MR) is 150 cm³/mol. The first-order valence-corrected chi connectivity index (χ1v) is 14.2. The summed E-state index contributed by atoms with van der Waals surface area (Å²) in [7, 11) is 2.25. The number of carbonyl (C=O) groups is 1. The first kappa shape index (κ1) is 24.4. The average Bonchev–Trinajstić information content (AvgIpc) is 3.32. The second kappa shape index (κ2) is 9.14. The molecule has 0 atom stereocenters. The first-order chi connectivity index (χ1) is 17.8. The number of fused-ring (bicyclic) bond motifs is 3. The lowest BCUT2D eigenvalue weighted by Crippen LogP contribution is -2.40. The van der Waals surface area contributed by atoms with Crippen molar-refractivity contribution in [1.29, 1.82) is 5.26 Å². The second-order valence-corrected chi connectivity index (χ2v) is 12.3. The summed E-state index contributed by atoms with van der Waals surface area (Å²) in [6, 6.07) is 12.6.